The van der Waals surface area contributed by atoms with E-state index in [4.69, 9.17) is 0 Å². The molecule has 0 amide bonds. The van der Waals surface area contributed by atoms with E-state index in [9.17, 15) is 22.8 Å². The van der Waals surface area contributed by atoms with Gasteiger partial charge in [0.2, 0.25) is 5.78 Å². The minimum Gasteiger partial charge on any atom is -0.299 e. The highest BCUT2D eigenvalue weighted by molar-refractivity contribution is 6.00. The first kappa shape index (κ1) is 24.1. The second-order valence-electron chi connectivity index (χ2n) is 6.87. The highest BCUT2D eigenvalue weighted by Crippen LogP contribution is 2.14. The minimum atomic E-state index is -3.02. The van der Waals surface area contributed by atoms with E-state index in [-0.39, 0.29) is 18.9 Å². The number of carbonyl (C=O) groups excluding carboxylic acids is 2. The number of Topliss-reactive ketones (excluding diaryl/α,β-unsaturated/α-hetero) is 2. The molecule has 0 radical (unpaired) electrons. The van der Waals surface area contributed by atoms with Gasteiger partial charge in [-0.25, -0.2) is 8.78 Å². The highest BCUT2D eigenvalue weighted by atomic mass is 19.3. The van der Waals surface area contributed by atoms with Crippen LogP contribution in [0.25, 0.3) is 0 Å². The van der Waals surface area contributed by atoms with Crippen molar-refractivity contribution < 1.29 is 22.8 Å². The third kappa shape index (κ3) is 17.7. The van der Waals surface area contributed by atoms with Gasteiger partial charge in [-0.2, -0.15) is 0 Å². The smallest absolute Gasteiger partial charge is 0.296 e. The molecule has 0 heterocycles. The molecule has 0 aromatic carbocycles. The van der Waals surface area contributed by atoms with Crippen LogP contribution in [0.15, 0.2) is 0 Å². The van der Waals surface area contributed by atoms with Crippen LogP contribution >= 0.6 is 0 Å². The molecule has 0 aliphatic carbocycles. The molecule has 0 aromatic heterocycles. The molecule has 0 atom stereocenters. The van der Waals surface area contributed by atoms with E-state index in [0.717, 1.165) is 32.1 Å². The van der Waals surface area contributed by atoms with Crippen molar-refractivity contribution in [3.8, 4) is 0 Å². The van der Waals surface area contributed by atoms with Gasteiger partial charge >= 0.3 is 0 Å². The molecule has 0 bridgehead atoms. The van der Waals surface area contributed by atoms with Crippen molar-refractivity contribution in [1.29, 1.82) is 0 Å². The number of hydrogen-bond acceptors (Lipinski definition) is 2. The Labute approximate surface area is 150 Å². The SMILES string of the molecule is O=C(CCCCCCCCCCCCCCCCF)CC(=O)C(F)F. The molecule has 0 spiro atoms. The van der Waals surface area contributed by atoms with Crippen LogP contribution in [0.4, 0.5) is 13.2 Å². The van der Waals surface area contributed by atoms with Crippen molar-refractivity contribution in [1.82, 2.24) is 0 Å². The van der Waals surface area contributed by atoms with Gasteiger partial charge in [0.1, 0.15) is 5.78 Å². The van der Waals surface area contributed by atoms with Gasteiger partial charge in [0.05, 0.1) is 13.1 Å². The Balaban J connectivity index is 3.19. The van der Waals surface area contributed by atoms with Crippen LogP contribution in [-0.2, 0) is 9.59 Å². The molecule has 2 nitrogen and oxygen atoms in total. The maximum Gasteiger partial charge on any atom is 0.296 e. The van der Waals surface area contributed by atoms with E-state index in [0.29, 0.717) is 12.8 Å². The zero-order chi connectivity index (χ0) is 18.8. The van der Waals surface area contributed by atoms with Gasteiger partial charge < -0.3 is 0 Å². The van der Waals surface area contributed by atoms with Crippen molar-refractivity contribution in [2.75, 3.05) is 6.67 Å². The molecular weight excluding hydrogens is 329 g/mol. The van der Waals surface area contributed by atoms with Crippen LogP contribution in [0.2, 0.25) is 0 Å². The van der Waals surface area contributed by atoms with Gasteiger partial charge in [0.15, 0.2) is 0 Å². The number of ketones is 2. The number of carbonyl (C=O) groups is 2. The Bertz CT molecular complexity index is 333. The molecule has 0 aliphatic heterocycles. The lowest BCUT2D eigenvalue weighted by Gasteiger charge is -2.03. The summed E-state index contributed by atoms with van der Waals surface area (Å²) in [6, 6.07) is 0. The van der Waals surface area contributed by atoms with E-state index in [1.54, 1.807) is 0 Å². The van der Waals surface area contributed by atoms with Crippen LogP contribution in [0.1, 0.15) is 103 Å². The molecule has 0 aliphatic rings. The zero-order valence-electron chi connectivity index (χ0n) is 15.5. The quantitative estimate of drug-likeness (QED) is 0.191. The Morgan fingerprint density at radius 2 is 0.960 bits per heavy atom. The van der Waals surface area contributed by atoms with Crippen LogP contribution in [0.3, 0.4) is 0 Å². The summed E-state index contributed by atoms with van der Waals surface area (Å²) in [5.74, 6) is -1.63. The second-order valence-corrected chi connectivity index (χ2v) is 6.87. The molecular formula is C20H35F3O2. The van der Waals surface area contributed by atoms with Gasteiger partial charge in [-0.05, 0) is 12.8 Å². The largest absolute Gasteiger partial charge is 0.299 e. The third-order valence-corrected chi connectivity index (χ3v) is 4.45. The molecule has 0 saturated heterocycles. The van der Waals surface area contributed by atoms with Crippen molar-refractivity contribution in [2.45, 2.75) is 109 Å². The molecule has 0 fully saturated rings. The molecule has 0 aromatic rings. The van der Waals surface area contributed by atoms with Crippen LogP contribution in [0, 0.1) is 0 Å². The average Bonchev–Trinajstić information content (AvgIpc) is 2.58. The third-order valence-electron chi connectivity index (χ3n) is 4.45. The minimum absolute atomic E-state index is 0.186. The predicted octanol–water partition coefficient (Wildman–Crippen LogP) is 6.60. The average molecular weight is 364 g/mol. The fourth-order valence-corrected chi connectivity index (χ4v) is 2.90. The van der Waals surface area contributed by atoms with Gasteiger partial charge in [-0.15, -0.1) is 0 Å². The van der Waals surface area contributed by atoms with E-state index in [1.165, 1.54) is 44.9 Å². The second kappa shape index (κ2) is 17.9. The molecule has 5 heteroatoms. The number of hydrogen-bond donors (Lipinski definition) is 0. The maximum atomic E-state index is 12.0. The predicted molar refractivity (Wildman–Crippen MR) is 95.9 cm³/mol. The number of rotatable bonds is 19. The van der Waals surface area contributed by atoms with E-state index >= 15 is 0 Å². The first-order valence-electron chi connectivity index (χ1n) is 9.96. The van der Waals surface area contributed by atoms with Crippen molar-refractivity contribution in [3.05, 3.63) is 0 Å². The zero-order valence-corrected chi connectivity index (χ0v) is 15.5. The van der Waals surface area contributed by atoms with Gasteiger partial charge in [-0.3, -0.25) is 14.0 Å². The van der Waals surface area contributed by atoms with Gasteiger partial charge in [0, 0.05) is 6.42 Å². The Morgan fingerprint density at radius 3 is 1.32 bits per heavy atom. The van der Waals surface area contributed by atoms with E-state index in [2.05, 4.69) is 0 Å². The summed E-state index contributed by atoms with van der Waals surface area (Å²) < 4.78 is 35.9. The lowest BCUT2D eigenvalue weighted by molar-refractivity contribution is -0.134. The van der Waals surface area contributed by atoms with Gasteiger partial charge in [-0.1, -0.05) is 77.0 Å². The Morgan fingerprint density at radius 1 is 0.600 bits per heavy atom. The molecule has 0 saturated carbocycles. The van der Waals surface area contributed by atoms with Crippen molar-refractivity contribution in [2.24, 2.45) is 0 Å². The molecule has 0 rings (SSSR count). The summed E-state index contributed by atoms with van der Waals surface area (Å²) in [6.07, 6.45) is 12.0. The van der Waals surface area contributed by atoms with Crippen LogP contribution in [0.5, 0.6) is 0 Å². The van der Waals surface area contributed by atoms with Gasteiger partial charge in [0.25, 0.3) is 6.43 Å². The first-order valence-corrected chi connectivity index (χ1v) is 9.96. The number of alkyl halides is 3. The highest BCUT2D eigenvalue weighted by Gasteiger charge is 2.18. The number of unbranched alkanes of at least 4 members (excludes halogenated alkanes) is 13. The monoisotopic (exact) mass is 364 g/mol. The summed E-state index contributed by atoms with van der Waals surface area (Å²) in [5, 5.41) is 0. The summed E-state index contributed by atoms with van der Waals surface area (Å²) in [5.41, 5.74) is 0. The fraction of sp³-hybridized carbons (Fsp3) is 0.900. The normalized spacial score (nSPS) is 11.2. The summed E-state index contributed by atoms with van der Waals surface area (Å²) in [6.45, 7) is -0.186. The molecule has 148 valence electrons. The topological polar surface area (TPSA) is 34.1 Å². The lowest BCUT2D eigenvalue weighted by atomic mass is 10.0. The summed E-state index contributed by atoms with van der Waals surface area (Å²) in [4.78, 5) is 22.1. The van der Waals surface area contributed by atoms with E-state index in [1.807, 2.05) is 0 Å². The number of halogens is 3. The molecule has 0 unspecified atom stereocenters. The van der Waals surface area contributed by atoms with Crippen molar-refractivity contribution >= 4 is 11.6 Å². The molecule has 0 N–H and O–H groups in total. The molecule has 25 heavy (non-hydrogen) atoms. The first-order chi connectivity index (χ1) is 12.1. The van der Waals surface area contributed by atoms with Crippen LogP contribution in [-0.4, -0.2) is 24.7 Å². The summed E-state index contributed by atoms with van der Waals surface area (Å²) in [7, 11) is 0. The van der Waals surface area contributed by atoms with Crippen LogP contribution < -0.4 is 0 Å². The summed E-state index contributed by atoms with van der Waals surface area (Å²) >= 11 is 0. The fourth-order valence-electron chi connectivity index (χ4n) is 2.90. The van der Waals surface area contributed by atoms with E-state index < -0.39 is 18.6 Å². The lowest BCUT2D eigenvalue weighted by Crippen LogP contribution is -2.15. The standard InChI is InChI=1S/C20H35F3O2/c21-16-14-12-10-8-6-4-2-1-3-5-7-9-11-13-15-18(24)17-19(25)20(22)23/h20H,1-17H2. The Hall–Kier alpha value is -0.870. The Kier molecular flexibility index (Phi) is 17.3. The van der Waals surface area contributed by atoms with Crippen molar-refractivity contribution in [3.63, 3.8) is 0 Å². The maximum absolute atomic E-state index is 12.0.